The summed E-state index contributed by atoms with van der Waals surface area (Å²) in [5.41, 5.74) is 5.82. The van der Waals surface area contributed by atoms with Crippen LogP contribution in [0.25, 0.3) is 11.1 Å². The molecule has 0 aliphatic heterocycles. The average Bonchev–Trinajstić information content (AvgIpc) is 3.64. The van der Waals surface area contributed by atoms with E-state index in [-0.39, 0.29) is 63.9 Å². The molecular weight excluding hydrogens is 1100 g/mol. The highest BCUT2D eigenvalue weighted by Crippen LogP contribution is 2.38. The van der Waals surface area contributed by atoms with Crippen LogP contribution in [0.2, 0.25) is 48.8 Å². The number of alkyl carbamates (subject to hydrolysis) is 2. The van der Waals surface area contributed by atoms with E-state index in [1.165, 1.54) is 0 Å². The molecule has 0 saturated heterocycles. The quantitative estimate of drug-likeness (QED) is 0.0198. The van der Waals surface area contributed by atoms with Gasteiger partial charge in [0.1, 0.15) is 44.3 Å². The van der Waals surface area contributed by atoms with Crippen LogP contribution in [0.3, 0.4) is 0 Å². The Morgan fingerprint density at radius 2 is 1.01 bits per heavy atom. The highest BCUT2D eigenvalue weighted by atomic mass is 35.5. The van der Waals surface area contributed by atoms with Crippen molar-refractivity contribution in [3.63, 3.8) is 0 Å². The first-order valence-electron chi connectivity index (χ1n) is 28.1. The zero-order valence-corrected chi connectivity index (χ0v) is 52.0. The van der Waals surface area contributed by atoms with Crippen molar-refractivity contribution in [1.82, 2.24) is 21.3 Å². The summed E-state index contributed by atoms with van der Waals surface area (Å²) in [7, 11) is -2.41. The molecule has 442 valence electrons. The Hall–Kier alpha value is -7.29. The van der Waals surface area contributed by atoms with Crippen LogP contribution in [0.5, 0.6) is 5.75 Å². The van der Waals surface area contributed by atoms with Crippen molar-refractivity contribution in [2.75, 3.05) is 20.2 Å². The number of benzene rings is 6. The molecule has 0 unspecified atom stereocenters. The lowest BCUT2D eigenvalue weighted by Crippen LogP contribution is -2.54. The molecule has 0 fully saturated rings. The van der Waals surface area contributed by atoms with Crippen molar-refractivity contribution >= 4 is 58.0 Å². The molecule has 6 aromatic carbocycles. The van der Waals surface area contributed by atoms with Gasteiger partial charge in [0.2, 0.25) is 5.91 Å². The third kappa shape index (κ3) is 21.8. The Balaban J connectivity index is 1.29. The molecule has 0 aliphatic carbocycles. The van der Waals surface area contributed by atoms with Crippen LogP contribution in [0.1, 0.15) is 60.6 Å². The molecule has 0 radical (unpaired) electrons. The number of halogens is 1. The second-order valence-electron chi connectivity index (χ2n) is 23.2. The number of carbonyl (C=O) groups excluding carboxylic acids is 5. The summed E-state index contributed by atoms with van der Waals surface area (Å²) < 4.78 is 36.1. The Labute approximate surface area is 496 Å². The van der Waals surface area contributed by atoms with Crippen LogP contribution < -0.4 is 26.0 Å². The molecule has 0 heterocycles. The van der Waals surface area contributed by atoms with Gasteiger partial charge in [-0.3, -0.25) is 4.79 Å². The van der Waals surface area contributed by atoms with Gasteiger partial charge in [-0.2, -0.15) is 0 Å². The van der Waals surface area contributed by atoms with Crippen molar-refractivity contribution in [2.24, 2.45) is 0 Å². The average molecular weight is 1190 g/mol. The van der Waals surface area contributed by atoms with Gasteiger partial charge in [0.05, 0.1) is 18.8 Å². The maximum Gasteiger partial charge on any atom is 0.408 e. The largest absolute Gasteiger partial charge is 0.489 e. The van der Waals surface area contributed by atoms with Gasteiger partial charge in [-0.15, -0.1) is 0 Å². The number of nitrogens with one attached hydrogen (secondary N) is 4. The summed E-state index contributed by atoms with van der Waals surface area (Å²) in [6.07, 6.45) is -1.99. The van der Waals surface area contributed by atoms with E-state index in [0.717, 1.165) is 28.3 Å². The maximum absolute atomic E-state index is 14.6. The van der Waals surface area contributed by atoms with Crippen LogP contribution >= 0.6 is 11.6 Å². The third-order valence-corrected chi connectivity index (χ3v) is 21.0. The van der Waals surface area contributed by atoms with Crippen LogP contribution in [0.4, 0.5) is 9.59 Å². The summed E-state index contributed by atoms with van der Waals surface area (Å²) in [5.74, 6) is -1.32. The Kier molecular flexibility index (Phi) is 24.5. The minimum absolute atomic E-state index is 0.00458. The summed E-state index contributed by atoms with van der Waals surface area (Å²) in [4.78, 5) is 69.4. The zero-order valence-electron chi connectivity index (χ0n) is 49.3. The lowest BCUT2D eigenvalue weighted by atomic mass is 9.95. The lowest BCUT2D eigenvalue weighted by molar-refractivity contribution is -0.149. The van der Waals surface area contributed by atoms with E-state index in [4.69, 9.17) is 39.7 Å². The van der Waals surface area contributed by atoms with Crippen molar-refractivity contribution in [3.8, 4) is 16.9 Å². The van der Waals surface area contributed by atoms with Gasteiger partial charge in [0, 0.05) is 32.5 Å². The minimum Gasteiger partial charge on any atom is -0.489 e. The van der Waals surface area contributed by atoms with Gasteiger partial charge >= 0.3 is 24.1 Å². The fraction of sp³-hybridized carbons (Fsp3) is 0.369. The Morgan fingerprint density at radius 3 is 1.54 bits per heavy atom. The van der Waals surface area contributed by atoms with Gasteiger partial charge < -0.3 is 49.4 Å². The first-order valence-corrected chi connectivity index (χ1v) is 35.1. The maximum atomic E-state index is 14.6. The Bertz CT molecular complexity index is 3040. The first-order chi connectivity index (χ1) is 39.5. The monoisotopic (exact) mass is 1180 g/mol. The number of hydrogen-bond acceptors (Lipinski definition) is 12. The molecule has 15 nitrogen and oxygen atoms in total. The van der Waals surface area contributed by atoms with E-state index >= 15 is 0 Å². The number of likely N-dealkylation sites (N-methyl/N-ethyl adjacent to an activating group) is 1. The molecule has 3 amide bonds. The summed E-state index contributed by atoms with van der Waals surface area (Å²) in [6.45, 7) is 17.6. The topological polar surface area (TPSA) is 189 Å². The normalized spacial score (nSPS) is 13.1. The number of amides is 3. The molecule has 4 N–H and O–H groups in total. The van der Waals surface area contributed by atoms with Crippen LogP contribution in [-0.4, -0.2) is 90.9 Å². The SMILES string of the molecule is CN[C@@H](C[C@H](CNC(=O)OCc1ccccc1)O[Si](C)(C)C(C)(C)C)C(=O)N[C@@H](Cc1cc(-c2ccc(OCc3ccccc3)c(C[C@H](NC(=O)OCc3ccccc3)C(=O)OCC[Si](C)(C)C)c2)ccc1Cl)C(=O)OCc1ccccc1. The summed E-state index contributed by atoms with van der Waals surface area (Å²) >= 11 is 7.00. The molecule has 0 bridgehead atoms. The highest BCUT2D eigenvalue weighted by molar-refractivity contribution is 6.76. The zero-order chi connectivity index (χ0) is 60.0. The fourth-order valence-electron chi connectivity index (χ4n) is 8.46. The van der Waals surface area contributed by atoms with E-state index in [1.54, 1.807) is 13.1 Å². The molecule has 0 aliphatic rings. The predicted octanol–water partition coefficient (Wildman–Crippen LogP) is 12.4. The molecule has 6 aromatic rings. The second-order valence-corrected chi connectivity index (χ2v) is 34.0. The first kappa shape index (κ1) is 64.9. The molecule has 18 heteroatoms. The molecule has 6 rings (SSSR count). The smallest absolute Gasteiger partial charge is 0.408 e. The summed E-state index contributed by atoms with van der Waals surface area (Å²) in [5, 5.41) is 11.9. The summed E-state index contributed by atoms with van der Waals surface area (Å²) in [6, 6.07) is 46.0. The van der Waals surface area contributed by atoms with Gasteiger partial charge in [-0.05, 0) is 106 Å². The minimum atomic E-state index is -2.47. The molecular formula is C65H81ClN4O11Si2. The van der Waals surface area contributed by atoms with E-state index in [1.807, 2.05) is 152 Å². The van der Waals surface area contributed by atoms with Crippen molar-refractivity contribution < 1.29 is 52.1 Å². The lowest BCUT2D eigenvalue weighted by Gasteiger charge is -2.40. The van der Waals surface area contributed by atoms with Crippen LogP contribution in [0.15, 0.2) is 158 Å². The van der Waals surface area contributed by atoms with Gasteiger partial charge in [-0.25, -0.2) is 19.2 Å². The number of esters is 2. The number of rotatable bonds is 29. The van der Waals surface area contributed by atoms with Crippen LogP contribution in [-0.2, 0) is 77.0 Å². The molecule has 0 spiro atoms. The van der Waals surface area contributed by atoms with Gasteiger partial charge in [0.25, 0.3) is 0 Å². The van der Waals surface area contributed by atoms with E-state index in [9.17, 15) is 24.0 Å². The number of carbonyl (C=O) groups is 5. The standard InChI is InChI=1S/C65H81ClN4O11Si2/c1-65(2,3)83(8,9)81-54(41-68-63(74)79-44-48-26-18-12-19-27-48)40-56(67-4)60(71)69-57(62(73)78-43-47-24-16-11-17-25-47)38-52-36-50(30-32-55(52)66)51-31-33-59(77-42-46-22-14-10-15-23-46)53(37-51)39-58(61(72)76-34-35-82(5,6)7)70-64(75)80-45-49-28-20-13-21-29-49/h10-33,36-37,54,56-58,67H,34-35,38-45H2,1-9H3,(H,68,74)(H,69,71)(H,70,75)/t54-,56+,57+,58+/m1/s1. The predicted molar refractivity (Wildman–Crippen MR) is 330 cm³/mol. The molecule has 4 atom stereocenters. The third-order valence-electron chi connectivity index (χ3n) is 14.4. The van der Waals surface area contributed by atoms with Crippen LogP contribution in [0, 0.1) is 0 Å². The molecule has 0 saturated carbocycles. The van der Waals surface area contributed by atoms with Gasteiger partial charge in [0.15, 0.2) is 8.32 Å². The van der Waals surface area contributed by atoms with Crippen molar-refractivity contribution in [3.05, 3.63) is 196 Å². The molecule has 0 aromatic heterocycles. The van der Waals surface area contributed by atoms with E-state index < -0.39 is 70.7 Å². The van der Waals surface area contributed by atoms with E-state index in [0.29, 0.717) is 33.0 Å². The van der Waals surface area contributed by atoms with E-state index in [2.05, 4.69) is 74.8 Å². The van der Waals surface area contributed by atoms with Crippen molar-refractivity contribution in [1.29, 1.82) is 0 Å². The Morgan fingerprint density at radius 1 is 0.542 bits per heavy atom. The fourth-order valence-corrected chi connectivity index (χ4v) is 10.7. The highest BCUT2D eigenvalue weighted by Gasteiger charge is 2.40. The van der Waals surface area contributed by atoms with Crippen molar-refractivity contribution in [2.45, 2.75) is 135 Å². The number of ether oxygens (including phenoxy) is 5. The second kappa shape index (κ2) is 31.4. The van der Waals surface area contributed by atoms with Gasteiger partial charge in [-0.1, -0.05) is 185 Å². The number of hydrogen-bond donors (Lipinski definition) is 4. The molecule has 83 heavy (non-hydrogen) atoms.